The first-order chi connectivity index (χ1) is 15.0. The molecular formula is C23H21FN2O3S2. The SMILES string of the molecule is CC(=O)N(c1nc(COC(=O)CSc2ccc3c(c2)CCC3)cs1)c1ccccc1F. The Labute approximate surface area is 188 Å². The summed E-state index contributed by atoms with van der Waals surface area (Å²) in [5, 5.41) is 2.03. The molecule has 0 atom stereocenters. The van der Waals surface area contributed by atoms with Crippen LogP contribution < -0.4 is 4.90 Å². The summed E-state index contributed by atoms with van der Waals surface area (Å²) in [4.78, 5) is 30.9. The number of hydrogen-bond donors (Lipinski definition) is 0. The number of aromatic nitrogens is 1. The number of rotatable bonds is 7. The lowest BCUT2D eigenvalue weighted by Crippen LogP contribution is -2.23. The molecule has 1 aliphatic rings. The van der Waals surface area contributed by atoms with Gasteiger partial charge in [0.2, 0.25) is 5.91 Å². The van der Waals surface area contributed by atoms with Gasteiger partial charge >= 0.3 is 5.97 Å². The van der Waals surface area contributed by atoms with Gasteiger partial charge in [0.05, 0.1) is 17.1 Å². The molecule has 1 aromatic heterocycles. The van der Waals surface area contributed by atoms with Crippen molar-refractivity contribution in [1.29, 1.82) is 0 Å². The zero-order valence-electron chi connectivity index (χ0n) is 17.0. The third-order valence-electron chi connectivity index (χ3n) is 4.95. The highest BCUT2D eigenvalue weighted by atomic mass is 32.2. The van der Waals surface area contributed by atoms with Crippen LogP contribution in [0.1, 0.15) is 30.2 Å². The fourth-order valence-corrected chi connectivity index (χ4v) is 5.10. The Bertz CT molecular complexity index is 1120. The minimum atomic E-state index is -0.510. The maximum Gasteiger partial charge on any atom is 0.316 e. The van der Waals surface area contributed by atoms with Crippen molar-refractivity contribution in [3.8, 4) is 0 Å². The molecule has 8 heteroatoms. The van der Waals surface area contributed by atoms with Crippen LogP contribution in [-0.4, -0.2) is 22.6 Å². The van der Waals surface area contributed by atoms with Gasteiger partial charge in [-0.05, 0) is 54.7 Å². The molecule has 0 saturated carbocycles. The van der Waals surface area contributed by atoms with Gasteiger partial charge in [0.25, 0.3) is 0 Å². The monoisotopic (exact) mass is 456 g/mol. The van der Waals surface area contributed by atoms with Gasteiger partial charge in [0.15, 0.2) is 5.13 Å². The molecule has 0 spiro atoms. The standard InChI is InChI=1S/C23H21FN2O3S2/c1-15(27)26(21-8-3-2-7-20(21)24)23-25-18(13-31-23)12-29-22(28)14-30-19-10-9-16-5-4-6-17(16)11-19/h2-3,7-11,13H,4-6,12,14H2,1H3. The Hall–Kier alpha value is -2.71. The van der Waals surface area contributed by atoms with Gasteiger partial charge in [-0.3, -0.25) is 14.5 Å². The van der Waals surface area contributed by atoms with Gasteiger partial charge in [0.1, 0.15) is 12.4 Å². The van der Waals surface area contributed by atoms with Gasteiger partial charge in [-0.25, -0.2) is 9.37 Å². The van der Waals surface area contributed by atoms with Crippen molar-refractivity contribution < 1.29 is 18.7 Å². The number of benzene rings is 2. The van der Waals surface area contributed by atoms with E-state index in [9.17, 15) is 14.0 Å². The number of ether oxygens (including phenoxy) is 1. The first-order valence-electron chi connectivity index (χ1n) is 9.91. The Kier molecular flexibility index (Phi) is 6.67. The molecule has 1 heterocycles. The fourth-order valence-electron chi connectivity index (χ4n) is 3.48. The molecule has 0 N–H and O–H groups in total. The van der Waals surface area contributed by atoms with E-state index in [4.69, 9.17) is 4.74 Å². The summed E-state index contributed by atoms with van der Waals surface area (Å²) in [6.07, 6.45) is 3.43. The van der Waals surface area contributed by atoms with Crippen LogP contribution in [0.3, 0.4) is 0 Å². The maximum absolute atomic E-state index is 14.2. The van der Waals surface area contributed by atoms with Crippen molar-refractivity contribution in [3.63, 3.8) is 0 Å². The van der Waals surface area contributed by atoms with Gasteiger partial charge < -0.3 is 4.74 Å². The number of thiazole rings is 1. The highest BCUT2D eigenvalue weighted by Gasteiger charge is 2.21. The van der Waals surface area contributed by atoms with Crippen LogP contribution in [0.15, 0.2) is 52.7 Å². The third-order valence-corrected chi connectivity index (χ3v) is 6.79. The summed E-state index contributed by atoms with van der Waals surface area (Å²) in [6, 6.07) is 12.4. The van der Waals surface area contributed by atoms with Crippen LogP contribution in [0.4, 0.5) is 15.2 Å². The number of fused-ring (bicyclic) bond motifs is 1. The lowest BCUT2D eigenvalue weighted by atomic mass is 10.1. The lowest BCUT2D eigenvalue weighted by Gasteiger charge is -2.18. The Morgan fingerprint density at radius 1 is 1.19 bits per heavy atom. The summed E-state index contributed by atoms with van der Waals surface area (Å²) < 4.78 is 19.5. The topological polar surface area (TPSA) is 59.5 Å². The van der Waals surface area contributed by atoms with Crippen LogP contribution in [0.5, 0.6) is 0 Å². The van der Waals surface area contributed by atoms with Gasteiger partial charge in [-0.2, -0.15) is 0 Å². The molecule has 2 aromatic carbocycles. The molecule has 31 heavy (non-hydrogen) atoms. The summed E-state index contributed by atoms with van der Waals surface area (Å²) in [5.74, 6) is -0.985. The largest absolute Gasteiger partial charge is 0.459 e. The predicted octanol–water partition coefficient (Wildman–Crippen LogP) is 5.29. The highest BCUT2D eigenvalue weighted by molar-refractivity contribution is 8.00. The summed E-state index contributed by atoms with van der Waals surface area (Å²) in [5.41, 5.74) is 3.43. The van der Waals surface area contributed by atoms with Gasteiger partial charge in [-0.1, -0.05) is 18.2 Å². The number of amides is 1. The van der Waals surface area contributed by atoms with E-state index in [0.717, 1.165) is 17.7 Å². The average Bonchev–Trinajstić information content (AvgIpc) is 3.41. The van der Waals surface area contributed by atoms with E-state index < -0.39 is 5.82 Å². The van der Waals surface area contributed by atoms with Crippen LogP contribution in [-0.2, 0) is 33.8 Å². The molecule has 4 rings (SSSR count). The summed E-state index contributed by atoms with van der Waals surface area (Å²) in [6.45, 7) is 1.35. The first kappa shape index (κ1) is 21.5. The van der Waals surface area contributed by atoms with Crippen molar-refractivity contribution in [2.75, 3.05) is 10.7 Å². The highest BCUT2D eigenvalue weighted by Crippen LogP contribution is 2.31. The molecule has 5 nitrogen and oxygen atoms in total. The van der Waals surface area contributed by atoms with E-state index >= 15 is 0 Å². The molecule has 0 unspecified atom stereocenters. The second kappa shape index (κ2) is 9.62. The number of halogens is 1. The van der Waals surface area contributed by atoms with E-state index in [1.807, 2.05) is 6.07 Å². The van der Waals surface area contributed by atoms with Crippen molar-refractivity contribution in [3.05, 3.63) is 70.5 Å². The molecular weight excluding hydrogens is 435 g/mol. The smallest absolute Gasteiger partial charge is 0.316 e. The zero-order valence-corrected chi connectivity index (χ0v) is 18.6. The number of nitrogens with zero attached hydrogens (tertiary/aromatic N) is 2. The summed E-state index contributed by atoms with van der Waals surface area (Å²) >= 11 is 2.65. The van der Waals surface area contributed by atoms with Gasteiger partial charge in [-0.15, -0.1) is 23.1 Å². The molecule has 1 aliphatic carbocycles. The van der Waals surface area contributed by atoms with E-state index in [0.29, 0.717) is 10.8 Å². The van der Waals surface area contributed by atoms with E-state index in [-0.39, 0.29) is 29.9 Å². The average molecular weight is 457 g/mol. The van der Waals surface area contributed by atoms with E-state index in [1.54, 1.807) is 17.5 Å². The molecule has 0 radical (unpaired) electrons. The van der Waals surface area contributed by atoms with Crippen molar-refractivity contribution in [1.82, 2.24) is 4.98 Å². The molecule has 160 valence electrons. The molecule has 0 aliphatic heterocycles. The molecule has 0 saturated heterocycles. The Morgan fingerprint density at radius 3 is 2.81 bits per heavy atom. The molecule has 3 aromatic rings. The number of anilines is 2. The first-order valence-corrected chi connectivity index (χ1v) is 11.8. The van der Waals surface area contributed by atoms with Crippen molar-refractivity contribution >= 4 is 45.8 Å². The number of thioether (sulfide) groups is 1. The number of aryl methyl sites for hydroxylation is 2. The Balaban J connectivity index is 1.34. The third kappa shape index (κ3) is 5.14. The quantitative estimate of drug-likeness (QED) is 0.357. The lowest BCUT2D eigenvalue weighted by molar-refractivity contribution is -0.141. The predicted molar refractivity (Wildman–Crippen MR) is 120 cm³/mol. The van der Waals surface area contributed by atoms with Crippen LogP contribution >= 0.6 is 23.1 Å². The maximum atomic E-state index is 14.2. The number of para-hydroxylation sites is 1. The normalized spacial score (nSPS) is 12.5. The summed E-state index contributed by atoms with van der Waals surface area (Å²) in [7, 11) is 0. The second-order valence-electron chi connectivity index (χ2n) is 7.16. The number of carbonyl (C=O) groups is 2. The minimum Gasteiger partial charge on any atom is -0.459 e. The van der Waals surface area contributed by atoms with E-state index in [1.165, 1.54) is 64.6 Å². The fraction of sp³-hybridized carbons (Fsp3) is 0.261. The zero-order chi connectivity index (χ0) is 21.8. The molecule has 0 fully saturated rings. The number of hydrogen-bond acceptors (Lipinski definition) is 6. The number of esters is 1. The van der Waals surface area contributed by atoms with Crippen LogP contribution in [0.25, 0.3) is 0 Å². The van der Waals surface area contributed by atoms with Crippen LogP contribution in [0.2, 0.25) is 0 Å². The van der Waals surface area contributed by atoms with E-state index in [2.05, 4.69) is 17.1 Å². The number of carbonyl (C=O) groups excluding carboxylic acids is 2. The van der Waals surface area contributed by atoms with Crippen molar-refractivity contribution in [2.45, 2.75) is 37.7 Å². The van der Waals surface area contributed by atoms with Crippen molar-refractivity contribution in [2.24, 2.45) is 0 Å². The molecule has 0 bridgehead atoms. The Morgan fingerprint density at radius 2 is 2.00 bits per heavy atom. The second-order valence-corrected chi connectivity index (χ2v) is 9.05. The minimum absolute atomic E-state index is 0.00307. The van der Waals surface area contributed by atoms with Crippen LogP contribution in [0, 0.1) is 5.82 Å². The van der Waals surface area contributed by atoms with Gasteiger partial charge in [0, 0.05) is 17.2 Å². The molecule has 1 amide bonds.